The van der Waals surface area contributed by atoms with Crippen LogP contribution in [0.4, 0.5) is 4.79 Å². The topological polar surface area (TPSA) is 111 Å². The number of hydrogen-bond donors (Lipinski definition) is 2. The first-order valence-electron chi connectivity index (χ1n) is 9.47. The second-order valence-corrected chi connectivity index (χ2v) is 9.48. The molecule has 3 aliphatic rings. The average molecular weight is 404 g/mol. The predicted octanol–water partition coefficient (Wildman–Crippen LogP) is -1.05. The summed E-state index contributed by atoms with van der Waals surface area (Å²) in [5, 5.41) is 5.02. The van der Waals surface area contributed by atoms with Gasteiger partial charge in [0.25, 0.3) is 10.2 Å². The monoisotopic (exact) mass is 403 g/mol. The van der Waals surface area contributed by atoms with Crippen LogP contribution in [0.25, 0.3) is 0 Å². The molecule has 154 valence electrons. The first kappa shape index (κ1) is 20.5. The Bertz CT molecular complexity index is 650. The summed E-state index contributed by atoms with van der Waals surface area (Å²) in [6, 6.07) is -0.267. The number of piperazine rings is 1. The first-order valence-corrected chi connectivity index (χ1v) is 10.9. The van der Waals surface area contributed by atoms with E-state index in [9.17, 15) is 18.0 Å². The summed E-state index contributed by atoms with van der Waals surface area (Å²) < 4.78 is 34.3. The summed E-state index contributed by atoms with van der Waals surface area (Å²) >= 11 is 0. The average Bonchev–Trinajstić information content (AvgIpc) is 3.38. The molecule has 0 spiro atoms. The molecule has 1 aliphatic carbocycles. The van der Waals surface area contributed by atoms with E-state index in [1.165, 1.54) is 8.61 Å². The van der Waals surface area contributed by atoms with E-state index >= 15 is 0 Å². The van der Waals surface area contributed by atoms with Crippen LogP contribution in [0.5, 0.6) is 0 Å². The first-order chi connectivity index (χ1) is 12.7. The van der Waals surface area contributed by atoms with Gasteiger partial charge in [-0.1, -0.05) is 0 Å². The summed E-state index contributed by atoms with van der Waals surface area (Å²) in [6.45, 7) is 6.07. The lowest BCUT2D eigenvalue weighted by atomic mass is 10.3. The summed E-state index contributed by atoms with van der Waals surface area (Å²) in [5.74, 6) is -0.375. The minimum absolute atomic E-state index is 0.0809. The van der Waals surface area contributed by atoms with E-state index in [4.69, 9.17) is 4.74 Å². The molecule has 0 bridgehead atoms. The molecule has 11 heteroatoms. The molecule has 2 atom stereocenters. The number of hydrogen-bond acceptors (Lipinski definition) is 6. The van der Waals surface area contributed by atoms with Crippen molar-refractivity contribution in [3.63, 3.8) is 0 Å². The number of imide groups is 1. The summed E-state index contributed by atoms with van der Waals surface area (Å²) in [6.07, 6.45) is 1.66. The normalized spacial score (nSPS) is 28.7. The molecule has 0 aromatic heterocycles. The van der Waals surface area contributed by atoms with Crippen molar-refractivity contribution in [3.05, 3.63) is 0 Å². The van der Waals surface area contributed by atoms with E-state index < -0.39 is 16.2 Å². The van der Waals surface area contributed by atoms with Gasteiger partial charge in [-0.05, 0) is 26.7 Å². The Morgan fingerprint density at radius 2 is 1.59 bits per heavy atom. The zero-order chi connectivity index (χ0) is 19.6. The van der Waals surface area contributed by atoms with Gasteiger partial charge >= 0.3 is 6.03 Å². The fraction of sp³-hybridized carbons (Fsp3) is 0.875. The third-order valence-corrected chi connectivity index (χ3v) is 6.87. The van der Waals surface area contributed by atoms with Gasteiger partial charge in [-0.15, -0.1) is 0 Å². The fourth-order valence-electron chi connectivity index (χ4n) is 3.42. The quantitative estimate of drug-likeness (QED) is 0.606. The maximum atomic E-state index is 12.9. The van der Waals surface area contributed by atoms with Crippen LogP contribution in [0, 0.1) is 0 Å². The van der Waals surface area contributed by atoms with Crippen LogP contribution in [0.1, 0.15) is 26.7 Å². The largest absolute Gasteiger partial charge is 0.373 e. The molecule has 0 radical (unpaired) electrons. The smallest absolute Gasteiger partial charge is 0.321 e. The third kappa shape index (κ3) is 5.61. The highest BCUT2D eigenvalue weighted by molar-refractivity contribution is 7.86. The lowest BCUT2D eigenvalue weighted by Gasteiger charge is -2.40. The van der Waals surface area contributed by atoms with E-state index in [1.54, 1.807) is 0 Å². The molecule has 1 saturated carbocycles. The highest BCUT2D eigenvalue weighted by atomic mass is 32.2. The second kappa shape index (κ2) is 8.39. The number of amides is 3. The fourth-order valence-corrected chi connectivity index (χ4v) is 5.17. The number of urea groups is 1. The molecule has 0 aromatic rings. The van der Waals surface area contributed by atoms with Crippen LogP contribution in [0.15, 0.2) is 0 Å². The zero-order valence-electron chi connectivity index (χ0n) is 15.9. The Balaban J connectivity index is 1.45. The zero-order valence-corrected chi connectivity index (χ0v) is 16.7. The standard InChI is InChI=1S/C16H29N5O5S/c1-12-9-21(10-13(2)26-12)27(24,25)20-7-5-19(6-8-20)11-15(22)18-16(23)17-14-3-4-14/h12-14H,3-11H2,1-2H3,(H2,17,18,22,23). The van der Waals surface area contributed by atoms with Gasteiger partial charge in [0.1, 0.15) is 0 Å². The van der Waals surface area contributed by atoms with Crippen molar-refractivity contribution >= 4 is 22.1 Å². The Morgan fingerprint density at radius 1 is 1.00 bits per heavy atom. The molecule has 3 amide bonds. The van der Waals surface area contributed by atoms with Crippen LogP contribution in [0.2, 0.25) is 0 Å². The third-order valence-electron chi connectivity index (χ3n) is 4.90. The van der Waals surface area contributed by atoms with Crippen molar-refractivity contribution in [2.75, 3.05) is 45.8 Å². The number of nitrogens with zero attached hydrogens (tertiary/aromatic N) is 3. The molecule has 27 heavy (non-hydrogen) atoms. The Kier molecular flexibility index (Phi) is 6.36. The summed E-state index contributed by atoms with van der Waals surface area (Å²) in [5.41, 5.74) is 0. The van der Waals surface area contributed by atoms with Crippen molar-refractivity contribution in [3.8, 4) is 0 Å². The lowest BCUT2D eigenvalue weighted by Crippen LogP contribution is -2.58. The van der Waals surface area contributed by atoms with Crippen LogP contribution in [-0.2, 0) is 19.7 Å². The van der Waals surface area contributed by atoms with Gasteiger partial charge in [0.15, 0.2) is 0 Å². The van der Waals surface area contributed by atoms with E-state index in [0.29, 0.717) is 39.3 Å². The minimum atomic E-state index is -3.53. The number of rotatable bonds is 5. The van der Waals surface area contributed by atoms with Crippen molar-refractivity contribution in [1.29, 1.82) is 0 Å². The number of carbonyl (C=O) groups is 2. The second-order valence-electron chi connectivity index (χ2n) is 7.55. The molecule has 2 aliphatic heterocycles. The van der Waals surface area contributed by atoms with E-state index in [-0.39, 0.29) is 30.7 Å². The molecular weight excluding hydrogens is 374 g/mol. The van der Waals surface area contributed by atoms with Gasteiger partial charge in [0.2, 0.25) is 5.91 Å². The van der Waals surface area contributed by atoms with E-state index in [0.717, 1.165) is 12.8 Å². The molecule has 2 heterocycles. The highest BCUT2D eigenvalue weighted by Crippen LogP contribution is 2.19. The van der Waals surface area contributed by atoms with Crippen molar-refractivity contribution in [1.82, 2.24) is 24.1 Å². The summed E-state index contributed by atoms with van der Waals surface area (Å²) in [4.78, 5) is 25.4. The Hall–Kier alpha value is -1.27. The number of morpholine rings is 1. The lowest BCUT2D eigenvalue weighted by molar-refractivity contribution is -0.121. The van der Waals surface area contributed by atoms with Crippen LogP contribution in [-0.4, -0.2) is 97.9 Å². The van der Waals surface area contributed by atoms with Gasteiger partial charge in [-0.3, -0.25) is 15.0 Å². The van der Waals surface area contributed by atoms with Gasteiger partial charge in [0.05, 0.1) is 18.8 Å². The van der Waals surface area contributed by atoms with Crippen LogP contribution < -0.4 is 10.6 Å². The Labute approximate surface area is 160 Å². The Morgan fingerprint density at radius 3 is 2.15 bits per heavy atom. The van der Waals surface area contributed by atoms with Gasteiger partial charge in [-0.25, -0.2) is 4.79 Å². The highest BCUT2D eigenvalue weighted by Gasteiger charge is 2.36. The van der Waals surface area contributed by atoms with Crippen molar-refractivity contribution < 1.29 is 22.7 Å². The number of carbonyl (C=O) groups excluding carboxylic acids is 2. The molecule has 2 saturated heterocycles. The minimum Gasteiger partial charge on any atom is -0.373 e. The SMILES string of the molecule is CC1CN(S(=O)(=O)N2CCN(CC(=O)NC(=O)NC3CC3)CC2)CC(C)O1. The maximum absolute atomic E-state index is 12.9. The number of nitrogens with one attached hydrogen (secondary N) is 2. The van der Waals surface area contributed by atoms with E-state index in [1.807, 2.05) is 18.7 Å². The van der Waals surface area contributed by atoms with Gasteiger partial charge in [0, 0.05) is 45.3 Å². The predicted molar refractivity (Wildman–Crippen MR) is 98.2 cm³/mol. The van der Waals surface area contributed by atoms with Crippen molar-refractivity contribution in [2.45, 2.75) is 44.9 Å². The molecule has 3 rings (SSSR count). The molecule has 10 nitrogen and oxygen atoms in total. The molecule has 2 unspecified atom stereocenters. The number of ether oxygens (including phenoxy) is 1. The van der Waals surface area contributed by atoms with Crippen LogP contribution >= 0.6 is 0 Å². The van der Waals surface area contributed by atoms with Gasteiger partial charge < -0.3 is 10.1 Å². The van der Waals surface area contributed by atoms with E-state index in [2.05, 4.69) is 10.6 Å². The molecule has 2 N–H and O–H groups in total. The maximum Gasteiger partial charge on any atom is 0.321 e. The van der Waals surface area contributed by atoms with Crippen LogP contribution in [0.3, 0.4) is 0 Å². The molecule has 0 aromatic carbocycles. The van der Waals surface area contributed by atoms with Gasteiger partial charge in [-0.2, -0.15) is 17.0 Å². The van der Waals surface area contributed by atoms with Crippen molar-refractivity contribution in [2.24, 2.45) is 0 Å². The molecular formula is C16H29N5O5S. The summed E-state index contributed by atoms with van der Waals surface area (Å²) in [7, 11) is -3.53. The molecule has 3 fully saturated rings.